The number of ether oxygens (including phenoxy) is 1. The highest BCUT2D eigenvalue weighted by Crippen LogP contribution is 2.18. The molecule has 2 aromatic rings. The fourth-order valence-electron chi connectivity index (χ4n) is 1.98. The summed E-state index contributed by atoms with van der Waals surface area (Å²) in [5.74, 6) is 0.585. The number of methoxy groups -OCH3 is 1. The summed E-state index contributed by atoms with van der Waals surface area (Å²) in [6.07, 6.45) is 0. The molecule has 0 bridgehead atoms. The SMILES string of the molecule is COCc1cc(=O)[nH]c(-c2cc(C)cc(C)c2)n1. The van der Waals surface area contributed by atoms with Crippen molar-refractivity contribution in [1.82, 2.24) is 9.97 Å². The van der Waals surface area contributed by atoms with Crippen LogP contribution in [0.5, 0.6) is 0 Å². The van der Waals surface area contributed by atoms with E-state index in [2.05, 4.69) is 16.0 Å². The van der Waals surface area contributed by atoms with Gasteiger partial charge in [-0.15, -0.1) is 0 Å². The Morgan fingerprint density at radius 3 is 2.44 bits per heavy atom. The molecule has 0 amide bonds. The highest BCUT2D eigenvalue weighted by molar-refractivity contribution is 5.57. The van der Waals surface area contributed by atoms with Gasteiger partial charge in [-0.25, -0.2) is 4.98 Å². The lowest BCUT2D eigenvalue weighted by atomic mass is 10.1. The lowest BCUT2D eigenvalue weighted by molar-refractivity contribution is 0.181. The fraction of sp³-hybridized carbons (Fsp3) is 0.286. The molecule has 0 saturated heterocycles. The van der Waals surface area contributed by atoms with Crippen LogP contribution in [0.3, 0.4) is 0 Å². The molecule has 0 atom stereocenters. The molecule has 18 heavy (non-hydrogen) atoms. The monoisotopic (exact) mass is 244 g/mol. The van der Waals surface area contributed by atoms with Crippen LogP contribution in [0, 0.1) is 13.8 Å². The average Bonchev–Trinajstić information content (AvgIpc) is 2.27. The second-order valence-electron chi connectivity index (χ2n) is 4.39. The van der Waals surface area contributed by atoms with Crippen molar-refractivity contribution in [2.75, 3.05) is 7.11 Å². The summed E-state index contributed by atoms with van der Waals surface area (Å²) < 4.78 is 5.01. The van der Waals surface area contributed by atoms with Gasteiger partial charge in [-0.2, -0.15) is 0 Å². The van der Waals surface area contributed by atoms with Gasteiger partial charge in [0, 0.05) is 18.7 Å². The van der Waals surface area contributed by atoms with Gasteiger partial charge in [0.1, 0.15) is 5.82 Å². The number of benzene rings is 1. The summed E-state index contributed by atoms with van der Waals surface area (Å²) >= 11 is 0. The number of nitrogens with one attached hydrogen (secondary N) is 1. The van der Waals surface area contributed by atoms with E-state index in [-0.39, 0.29) is 5.56 Å². The topological polar surface area (TPSA) is 55.0 Å². The number of aromatic amines is 1. The van der Waals surface area contributed by atoms with E-state index >= 15 is 0 Å². The number of hydrogen-bond acceptors (Lipinski definition) is 3. The predicted octanol–water partition coefficient (Wildman–Crippen LogP) is 2.20. The van der Waals surface area contributed by atoms with Crippen molar-refractivity contribution < 1.29 is 4.74 Å². The van der Waals surface area contributed by atoms with Crippen LogP contribution in [-0.2, 0) is 11.3 Å². The lowest BCUT2D eigenvalue weighted by Crippen LogP contribution is -2.11. The molecule has 1 aromatic carbocycles. The van der Waals surface area contributed by atoms with Crippen molar-refractivity contribution in [3.63, 3.8) is 0 Å². The van der Waals surface area contributed by atoms with E-state index < -0.39 is 0 Å². The number of aryl methyl sites for hydroxylation is 2. The van der Waals surface area contributed by atoms with Crippen LogP contribution in [0.25, 0.3) is 11.4 Å². The summed E-state index contributed by atoms with van der Waals surface area (Å²) in [6, 6.07) is 7.54. The molecule has 0 fully saturated rings. The first kappa shape index (κ1) is 12.5. The first-order chi connectivity index (χ1) is 8.58. The molecule has 2 rings (SSSR count). The Balaban J connectivity index is 2.52. The maximum absolute atomic E-state index is 11.6. The third-order valence-corrected chi connectivity index (χ3v) is 2.58. The molecule has 4 heteroatoms. The van der Waals surface area contributed by atoms with E-state index in [0.717, 1.165) is 16.7 Å². The van der Waals surface area contributed by atoms with Crippen molar-refractivity contribution in [2.45, 2.75) is 20.5 Å². The minimum Gasteiger partial charge on any atom is -0.378 e. The van der Waals surface area contributed by atoms with E-state index in [1.54, 1.807) is 7.11 Å². The summed E-state index contributed by atoms with van der Waals surface area (Å²) in [6.45, 7) is 4.38. The third kappa shape index (κ3) is 2.84. The van der Waals surface area contributed by atoms with Crippen molar-refractivity contribution in [3.05, 3.63) is 51.4 Å². The van der Waals surface area contributed by atoms with Crippen LogP contribution in [0.15, 0.2) is 29.1 Å². The van der Waals surface area contributed by atoms with Gasteiger partial charge in [0.2, 0.25) is 0 Å². The maximum atomic E-state index is 11.6. The number of hydrogen-bond donors (Lipinski definition) is 1. The Kier molecular flexibility index (Phi) is 3.58. The second kappa shape index (κ2) is 5.14. The van der Waals surface area contributed by atoms with E-state index in [9.17, 15) is 4.79 Å². The Bertz CT molecular complexity index is 597. The molecule has 1 N–H and O–H groups in total. The van der Waals surface area contributed by atoms with Crippen LogP contribution in [0.1, 0.15) is 16.8 Å². The average molecular weight is 244 g/mol. The zero-order valence-corrected chi connectivity index (χ0v) is 10.8. The molecule has 0 radical (unpaired) electrons. The zero-order chi connectivity index (χ0) is 13.1. The quantitative estimate of drug-likeness (QED) is 0.900. The molecule has 0 aliphatic heterocycles. The van der Waals surface area contributed by atoms with Gasteiger partial charge in [0.05, 0.1) is 12.3 Å². The highest BCUT2D eigenvalue weighted by atomic mass is 16.5. The van der Waals surface area contributed by atoms with Gasteiger partial charge in [0.15, 0.2) is 0 Å². The number of rotatable bonds is 3. The van der Waals surface area contributed by atoms with E-state index in [1.165, 1.54) is 6.07 Å². The molecule has 0 saturated carbocycles. The van der Waals surface area contributed by atoms with Crippen LogP contribution in [-0.4, -0.2) is 17.1 Å². The first-order valence-electron chi connectivity index (χ1n) is 5.76. The molecule has 0 aliphatic rings. The molecule has 0 spiro atoms. The number of nitrogens with zero attached hydrogens (tertiary/aromatic N) is 1. The first-order valence-corrected chi connectivity index (χ1v) is 5.76. The van der Waals surface area contributed by atoms with Gasteiger partial charge >= 0.3 is 0 Å². The summed E-state index contributed by atoms with van der Waals surface area (Å²) in [4.78, 5) is 18.7. The largest absolute Gasteiger partial charge is 0.378 e. The Hall–Kier alpha value is -1.94. The molecule has 4 nitrogen and oxygen atoms in total. The predicted molar refractivity (Wildman–Crippen MR) is 70.5 cm³/mol. The fourth-order valence-corrected chi connectivity index (χ4v) is 1.98. The van der Waals surface area contributed by atoms with Crippen LogP contribution in [0.2, 0.25) is 0 Å². The Labute approximate surface area is 106 Å². The minimum absolute atomic E-state index is 0.161. The molecule has 1 aromatic heterocycles. The van der Waals surface area contributed by atoms with Gasteiger partial charge in [-0.1, -0.05) is 17.2 Å². The van der Waals surface area contributed by atoms with Crippen LogP contribution >= 0.6 is 0 Å². The van der Waals surface area contributed by atoms with Crippen LogP contribution < -0.4 is 5.56 Å². The molecule has 0 unspecified atom stereocenters. The minimum atomic E-state index is -0.161. The van der Waals surface area contributed by atoms with Crippen molar-refractivity contribution in [1.29, 1.82) is 0 Å². The zero-order valence-electron chi connectivity index (χ0n) is 10.8. The number of H-pyrrole nitrogens is 1. The molecular weight excluding hydrogens is 228 g/mol. The van der Waals surface area contributed by atoms with Gasteiger partial charge in [-0.05, 0) is 26.0 Å². The van der Waals surface area contributed by atoms with Crippen molar-refractivity contribution in [3.8, 4) is 11.4 Å². The van der Waals surface area contributed by atoms with Crippen molar-refractivity contribution >= 4 is 0 Å². The number of aromatic nitrogens is 2. The smallest absolute Gasteiger partial charge is 0.251 e. The Morgan fingerprint density at radius 2 is 1.83 bits per heavy atom. The van der Waals surface area contributed by atoms with E-state index in [0.29, 0.717) is 18.1 Å². The molecule has 94 valence electrons. The lowest BCUT2D eigenvalue weighted by Gasteiger charge is -2.06. The van der Waals surface area contributed by atoms with Crippen molar-refractivity contribution in [2.24, 2.45) is 0 Å². The van der Waals surface area contributed by atoms with E-state index in [1.807, 2.05) is 26.0 Å². The third-order valence-electron chi connectivity index (χ3n) is 2.58. The maximum Gasteiger partial charge on any atom is 0.251 e. The van der Waals surface area contributed by atoms with E-state index in [4.69, 9.17) is 4.74 Å². The second-order valence-corrected chi connectivity index (χ2v) is 4.39. The summed E-state index contributed by atoms with van der Waals surface area (Å²) in [5, 5.41) is 0. The van der Waals surface area contributed by atoms with Crippen LogP contribution in [0.4, 0.5) is 0 Å². The Morgan fingerprint density at radius 1 is 1.17 bits per heavy atom. The normalized spacial score (nSPS) is 10.6. The van der Waals surface area contributed by atoms with Gasteiger partial charge in [0.25, 0.3) is 5.56 Å². The van der Waals surface area contributed by atoms with Gasteiger partial charge < -0.3 is 9.72 Å². The molecule has 0 aliphatic carbocycles. The summed E-state index contributed by atoms with van der Waals surface area (Å²) in [7, 11) is 1.58. The summed E-state index contributed by atoms with van der Waals surface area (Å²) in [5.41, 5.74) is 3.68. The molecule has 1 heterocycles. The standard InChI is InChI=1S/C14H16N2O2/c1-9-4-10(2)6-11(5-9)14-15-12(8-18-3)7-13(17)16-14/h4-7H,8H2,1-3H3,(H,15,16,17). The molecular formula is C14H16N2O2. The highest BCUT2D eigenvalue weighted by Gasteiger charge is 2.05. The van der Waals surface area contributed by atoms with Gasteiger partial charge in [-0.3, -0.25) is 4.79 Å².